The van der Waals surface area contributed by atoms with Crippen molar-refractivity contribution in [1.82, 2.24) is 40.4 Å². The molecule has 4 aromatic carbocycles. The van der Waals surface area contributed by atoms with Crippen molar-refractivity contribution in [2.45, 2.75) is 76.5 Å². The molecule has 6 aromatic rings. The Bertz CT molecular complexity index is 2690. The zero-order valence-electron chi connectivity index (χ0n) is 35.9. The minimum Gasteiger partial charge on any atom is -0.453 e. The first-order chi connectivity index (χ1) is 30.6. The lowest BCUT2D eigenvalue weighted by Crippen LogP contribution is -2.51. The Balaban J connectivity index is 0.908. The summed E-state index contributed by atoms with van der Waals surface area (Å²) in [5, 5.41) is 5.45. The van der Waals surface area contributed by atoms with Crippen LogP contribution in [0.5, 0.6) is 0 Å². The van der Waals surface area contributed by atoms with Crippen LogP contribution in [-0.4, -0.2) is 87.1 Å². The van der Waals surface area contributed by atoms with E-state index in [1.165, 1.54) is 36.5 Å². The van der Waals surface area contributed by atoms with Crippen molar-refractivity contribution in [1.29, 1.82) is 0 Å². The zero-order chi connectivity index (χ0) is 43.8. The van der Waals surface area contributed by atoms with Crippen LogP contribution in [0, 0.1) is 5.92 Å². The average molecular weight is 849 g/mol. The highest BCUT2D eigenvalue weighted by Gasteiger charge is 2.39. The molecule has 3 aliphatic rings. The smallest absolute Gasteiger partial charge is 0.407 e. The number of methoxy groups -OCH3 is 2. The van der Waals surface area contributed by atoms with Crippen molar-refractivity contribution in [3.05, 3.63) is 119 Å². The number of aromatic nitrogens is 4. The molecule has 0 radical (unpaired) electrons. The van der Waals surface area contributed by atoms with Gasteiger partial charge in [0.05, 0.1) is 49.2 Å². The number of alkyl carbamates (subject to hydrolysis) is 2. The molecule has 4 amide bonds. The van der Waals surface area contributed by atoms with Gasteiger partial charge in [-0.15, -0.1) is 0 Å². The summed E-state index contributed by atoms with van der Waals surface area (Å²) in [5.74, 6) is 1.04. The number of carbonyl (C=O) groups is 4. The van der Waals surface area contributed by atoms with Crippen LogP contribution in [0.3, 0.4) is 0 Å². The zero-order valence-corrected chi connectivity index (χ0v) is 35.9. The molecule has 2 saturated heterocycles. The summed E-state index contributed by atoms with van der Waals surface area (Å²) in [6, 6.07) is 26.7. The van der Waals surface area contributed by atoms with E-state index in [4.69, 9.17) is 19.4 Å². The van der Waals surface area contributed by atoms with E-state index < -0.39 is 24.3 Å². The fourth-order valence-corrected chi connectivity index (χ4v) is 9.55. The second-order valence-electron chi connectivity index (χ2n) is 17.0. The number of rotatable bonds is 10. The molecule has 63 heavy (non-hydrogen) atoms. The van der Waals surface area contributed by atoms with Crippen LogP contribution in [0.1, 0.15) is 86.0 Å². The van der Waals surface area contributed by atoms with Crippen LogP contribution in [-0.2, 0) is 31.9 Å². The van der Waals surface area contributed by atoms with Crippen LogP contribution >= 0.6 is 0 Å². The molecule has 324 valence electrons. The molecule has 4 atom stereocenters. The number of amides is 4. The number of nitrogens with one attached hydrogen (secondary N) is 4. The van der Waals surface area contributed by atoms with Crippen LogP contribution in [0.4, 0.5) is 9.59 Å². The maximum Gasteiger partial charge on any atom is 0.407 e. The largest absolute Gasteiger partial charge is 0.453 e. The number of nitrogens with zero attached hydrogens (tertiary/aromatic N) is 4. The fourth-order valence-electron chi connectivity index (χ4n) is 9.55. The summed E-state index contributed by atoms with van der Waals surface area (Å²) >= 11 is 0. The van der Waals surface area contributed by atoms with Crippen molar-refractivity contribution in [3.8, 4) is 33.5 Å². The summed E-state index contributed by atoms with van der Waals surface area (Å²) in [5.41, 5.74) is 11.6. The van der Waals surface area contributed by atoms with Gasteiger partial charge >= 0.3 is 12.2 Å². The van der Waals surface area contributed by atoms with Crippen LogP contribution < -0.4 is 10.6 Å². The molecule has 0 unspecified atom stereocenters. The average Bonchev–Trinajstić information content (AvgIpc) is 4.16. The Labute approximate surface area is 365 Å². The third-order valence-corrected chi connectivity index (χ3v) is 12.8. The number of H-pyrrole nitrogens is 2. The van der Waals surface area contributed by atoms with Gasteiger partial charge in [0.25, 0.3) is 5.91 Å². The summed E-state index contributed by atoms with van der Waals surface area (Å²) in [4.78, 5) is 72.4. The van der Waals surface area contributed by atoms with Gasteiger partial charge in [-0.2, -0.15) is 0 Å². The fraction of sp³-hybridized carbons (Fsp3) is 0.347. The van der Waals surface area contributed by atoms with Gasteiger partial charge in [-0.05, 0) is 107 Å². The first-order valence-corrected chi connectivity index (χ1v) is 21.8. The van der Waals surface area contributed by atoms with Crippen LogP contribution in [0.15, 0.2) is 91.1 Å². The molecule has 0 bridgehead atoms. The van der Waals surface area contributed by atoms with Gasteiger partial charge in [-0.1, -0.05) is 80.6 Å². The molecule has 9 rings (SSSR count). The lowest BCUT2D eigenvalue weighted by Gasteiger charge is -2.30. The second kappa shape index (κ2) is 17.4. The highest BCUT2D eigenvalue weighted by molar-refractivity contribution is 5.89. The topological polar surface area (TPSA) is 175 Å². The molecule has 2 fully saturated rings. The number of aryl methyl sites for hydroxylation is 2. The van der Waals surface area contributed by atoms with Crippen molar-refractivity contribution in [2.75, 3.05) is 27.3 Å². The molecule has 14 heteroatoms. The first kappa shape index (κ1) is 41.4. The predicted molar refractivity (Wildman–Crippen MR) is 238 cm³/mol. The molecule has 0 spiro atoms. The normalized spacial score (nSPS) is 17.9. The van der Waals surface area contributed by atoms with E-state index in [9.17, 15) is 19.2 Å². The van der Waals surface area contributed by atoms with Crippen molar-refractivity contribution in [2.24, 2.45) is 5.92 Å². The van der Waals surface area contributed by atoms with Gasteiger partial charge in [0.1, 0.15) is 23.7 Å². The van der Waals surface area contributed by atoms with E-state index in [0.29, 0.717) is 18.7 Å². The molecule has 0 saturated carbocycles. The van der Waals surface area contributed by atoms with Crippen molar-refractivity contribution < 1.29 is 28.7 Å². The molecule has 2 aliphatic heterocycles. The monoisotopic (exact) mass is 848 g/mol. The third kappa shape index (κ3) is 8.13. The number of fused-ring (bicyclic) bond motifs is 4. The van der Waals surface area contributed by atoms with Gasteiger partial charge in [-0.25, -0.2) is 19.6 Å². The number of ether oxygens (including phenoxy) is 2. The third-order valence-electron chi connectivity index (χ3n) is 12.8. The lowest BCUT2D eigenvalue weighted by atomic mass is 9.83. The number of benzene rings is 4. The van der Waals surface area contributed by atoms with E-state index in [0.717, 1.165) is 83.6 Å². The van der Waals surface area contributed by atoms with E-state index in [1.54, 1.807) is 0 Å². The maximum atomic E-state index is 14.0. The summed E-state index contributed by atoms with van der Waals surface area (Å²) in [6.45, 7) is 4.98. The maximum absolute atomic E-state index is 14.0. The van der Waals surface area contributed by atoms with Gasteiger partial charge in [0.2, 0.25) is 5.91 Å². The quantitative estimate of drug-likeness (QED) is 0.107. The standard InChI is InChI=1S/C49H52N8O6/c1-28(2)42(54-48(60)62-3)46(58)56-22-8-12-40(56)44-50-27-39(53-44)34-17-20-36-33(25-34)15-14-32-24-30(16-19-35(32)36)31-18-21-37-38(26-31)52-45(51-37)41-13-9-23-57(41)47(59)43(55-49(61)63-4)29-10-6-5-7-11-29/h5-7,10-11,16-21,24-28,40-43H,8-9,12-15,22-23H2,1-4H3,(H,50,53)(H,51,52)(H,54,60)(H,55,61)/t40-,41-,42-,43+/m0/s1. The highest BCUT2D eigenvalue weighted by atomic mass is 16.5. The van der Waals surface area contributed by atoms with E-state index >= 15 is 0 Å². The Morgan fingerprint density at radius 3 is 1.98 bits per heavy atom. The van der Waals surface area contributed by atoms with Crippen molar-refractivity contribution in [3.63, 3.8) is 0 Å². The minimum absolute atomic E-state index is 0.104. The molecular formula is C49H52N8O6. The number of carbonyl (C=O) groups excluding carboxylic acids is 4. The summed E-state index contributed by atoms with van der Waals surface area (Å²) in [7, 11) is 2.59. The Morgan fingerprint density at radius 1 is 0.698 bits per heavy atom. The molecule has 4 N–H and O–H groups in total. The number of hydrogen-bond acceptors (Lipinski definition) is 8. The number of imidazole rings is 2. The Kier molecular flexibility index (Phi) is 11.5. The van der Waals surface area contributed by atoms with Gasteiger partial charge in [0.15, 0.2) is 0 Å². The van der Waals surface area contributed by atoms with Gasteiger partial charge in [0, 0.05) is 13.1 Å². The summed E-state index contributed by atoms with van der Waals surface area (Å²) in [6.07, 6.45) is 5.59. The van der Waals surface area contributed by atoms with Crippen LogP contribution in [0.2, 0.25) is 0 Å². The lowest BCUT2D eigenvalue weighted by molar-refractivity contribution is -0.135. The number of likely N-dealkylation sites (tertiary alicyclic amines) is 2. The minimum atomic E-state index is -0.880. The van der Waals surface area contributed by atoms with E-state index in [2.05, 4.69) is 69.1 Å². The first-order valence-electron chi connectivity index (χ1n) is 21.8. The number of aromatic amines is 2. The van der Waals surface area contributed by atoms with Gasteiger partial charge in [-0.3, -0.25) is 9.59 Å². The Hall–Kier alpha value is -6.96. The molecule has 2 aromatic heterocycles. The number of hydrogen-bond donors (Lipinski definition) is 4. The molecule has 14 nitrogen and oxygen atoms in total. The van der Waals surface area contributed by atoms with E-state index in [-0.39, 0.29) is 29.8 Å². The predicted octanol–water partition coefficient (Wildman–Crippen LogP) is 8.19. The summed E-state index contributed by atoms with van der Waals surface area (Å²) < 4.78 is 9.65. The van der Waals surface area contributed by atoms with Crippen LogP contribution in [0.25, 0.3) is 44.5 Å². The molecule has 1 aliphatic carbocycles. The molecule has 4 heterocycles. The molecular weight excluding hydrogens is 797 g/mol. The van der Waals surface area contributed by atoms with Crippen molar-refractivity contribution >= 4 is 35.0 Å². The second-order valence-corrected chi connectivity index (χ2v) is 17.0. The van der Waals surface area contributed by atoms with Gasteiger partial charge < -0.3 is 39.9 Å². The SMILES string of the molecule is COC(=O)N[C@H](C(=O)N1CCC[C@H]1c1ncc(-c2ccc3c(c2)CCc2cc(-c4ccc5nc([C@@H]6CCCN6C(=O)[C@H](NC(=O)OC)c6ccccc6)[nH]c5c4)ccc2-3)[nH]1)C(C)C. The van der Waals surface area contributed by atoms with E-state index in [1.807, 2.05) is 66.2 Å². The highest BCUT2D eigenvalue weighted by Crippen LogP contribution is 2.40. The Morgan fingerprint density at radius 2 is 1.30 bits per heavy atom.